The molecular weight excluding hydrogens is 288 g/mol. The van der Waals surface area contributed by atoms with Gasteiger partial charge >= 0.3 is 0 Å². The van der Waals surface area contributed by atoms with Crippen LogP contribution in [0, 0.1) is 0 Å². The molecule has 2 aliphatic heterocycles. The Morgan fingerprint density at radius 1 is 1.29 bits per heavy atom. The minimum Gasteiger partial charge on any atom is -0.367 e. The fourth-order valence-electron chi connectivity index (χ4n) is 3.29. The summed E-state index contributed by atoms with van der Waals surface area (Å²) < 4.78 is 0. The molecule has 1 unspecified atom stereocenters. The van der Waals surface area contributed by atoms with Crippen molar-refractivity contribution in [2.75, 3.05) is 16.8 Å². The molecule has 5 heteroatoms. The Bertz CT molecular complexity index is 600. The summed E-state index contributed by atoms with van der Waals surface area (Å²) in [6, 6.07) is 3.95. The lowest BCUT2D eigenvalue weighted by Gasteiger charge is -2.32. The highest BCUT2D eigenvalue weighted by atomic mass is 35.5. The molecule has 0 aliphatic carbocycles. The summed E-state index contributed by atoms with van der Waals surface area (Å²) in [6.07, 6.45) is 5.86. The van der Waals surface area contributed by atoms with Gasteiger partial charge in [0.2, 0.25) is 0 Å². The molecule has 0 radical (unpaired) electrons. The third-order valence-corrected chi connectivity index (χ3v) is 4.75. The minimum atomic E-state index is -0.568. The zero-order valence-corrected chi connectivity index (χ0v) is 12.9. The zero-order valence-electron chi connectivity index (χ0n) is 12.1. The summed E-state index contributed by atoms with van der Waals surface area (Å²) in [5, 5.41) is 3.18. The van der Waals surface area contributed by atoms with Crippen LogP contribution >= 0.6 is 11.6 Å². The predicted molar refractivity (Wildman–Crippen MR) is 84.3 cm³/mol. The zero-order chi connectivity index (χ0) is 15.0. The number of amides is 1. The van der Waals surface area contributed by atoms with E-state index in [-0.39, 0.29) is 0 Å². The summed E-state index contributed by atoms with van der Waals surface area (Å²) in [6.45, 7) is 3.16. The molecule has 0 aromatic heterocycles. The van der Waals surface area contributed by atoms with Crippen molar-refractivity contribution in [2.24, 2.45) is 0 Å². The van der Waals surface area contributed by atoms with E-state index in [2.05, 4.69) is 17.1 Å². The number of anilines is 2. The molecule has 21 heavy (non-hydrogen) atoms. The lowest BCUT2D eigenvalue weighted by Crippen LogP contribution is -2.34. The number of nitrogens with one attached hydrogen (secondary N) is 1. The molecule has 1 saturated heterocycles. The summed E-state index contributed by atoms with van der Waals surface area (Å²) >= 11 is 6.40. The smallest absolute Gasteiger partial charge is 0.296 e. The minimum absolute atomic E-state index is 0.386. The molecule has 1 aromatic rings. The fourth-order valence-corrected chi connectivity index (χ4v) is 3.57. The number of rotatable bonds is 2. The highest BCUT2D eigenvalue weighted by Gasteiger charge is 2.31. The Morgan fingerprint density at radius 2 is 2.10 bits per heavy atom. The first kappa shape index (κ1) is 14.4. The van der Waals surface area contributed by atoms with Crippen LogP contribution in [0.1, 0.15) is 49.4 Å². The van der Waals surface area contributed by atoms with Crippen molar-refractivity contribution in [3.05, 3.63) is 22.7 Å². The van der Waals surface area contributed by atoms with Crippen LogP contribution in [0.2, 0.25) is 5.02 Å². The van der Waals surface area contributed by atoms with Crippen molar-refractivity contribution in [2.45, 2.75) is 45.1 Å². The Labute approximate surface area is 129 Å². The quantitative estimate of drug-likeness (QED) is 0.849. The summed E-state index contributed by atoms with van der Waals surface area (Å²) in [5.41, 5.74) is 1.90. The Kier molecular flexibility index (Phi) is 3.89. The maximum absolute atomic E-state index is 11.7. The Balaban J connectivity index is 2.00. The molecule has 1 aromatic carbocycles. The number of Topliss-reactive ketones (excluding diaryl/α,β-unsaturated/α-hetero) is 1. The number of nitrogens with zero attached hydrogens (tertiary/aromatic N) is 1. The van der Waals surface area contributed by atoms with E-state index >= 15 is 0 Å². The molecule has 2 aliphatic rings. The monoisotopic (exact) mass is 306 g/mol. The van der Waals surface area contributed by atoms with Crippen molar-refractivity contribution in [1.82, 2.24) is 0 Å². The topological polar surface area (TPSA) is 49.4 Å². The van der Waals surface area contributed by atoms with Gasteiger partial charge in [0, 0.05) is 12.6 Å². The molecule has 0 spiro atoms. The number of hydrogen-bond donors (Lipinski definition) is 1. The van der Waals surface area contributed by atoms with Crippen molar-refractivity contribution < 1.29 is 9.59 Å². The van der Waals surface area contributed by atoms with Crippen molar-refractivity contribution in [3.63, 3.8) is 0 Å². The van der Waals surface area contributed by atoms with Gasteiger partial charge in [-0.15, -0.1) is 0 Å². The van der Waals surface area contributed by atoms with Gasteiger partial charge in [0.1, 0.15) is 0 Å². The van der Waals surface area contributed by atoms with Crippen molar-refractivity contribution in [1.29, 1.82) is 0 Å². The molecule has 2 heterocycles. The van der Waals surface area contributed by atoms with E-state index in [1.165, 1.54) is 12.8 Å². The highest BCUT2D eigenvalue weighted by molar-refractivity contribution is 6.52. The number of hydrogen-bond acceptors (Lipinski definition) is 3. The summed E-state index contributed by atoms with van der Waals surface area (Å²) in [4.78, 5) is 25.6. The third-order valence-electron chi connectivity index (χ3n) is 4.44. The van der Waals surface area contributed by atoms with E-state index in [4.69, 9.17) is 11.6 Å². The second kappa shape index (κ2) is 5.68. The number of fused-ring (bicyclic) bond motifs is 1. The SMILES string of the molecule is CCC1CCCCCN1c1cc2c(cc1Cl)C(=O)C(=O)N2. The molecule has 1 atom stereocenters. The first-order valence-electron chi connectivity index (χ1n) is 7.57. The number of carbonyl (C=O) groups is 2. The third kappa shape index (κ3) is 2.53. The van der Waals surface area contributed by atoms with Crippen molar-refractivity contribution in [3.8, 4) is 0 Å². The van der Waals surface area contributed by atoms with Gasteiger partial charge in [0.05, 0.1) is 22.0 Å². The fraction of sp³-hybridized carbons (Fsp3) is 0.500. The maximum atomic E-state index is 11.7. The lowest BCUT2D eigenvalue weighted by molar-refractivity contribution is -0.112. The Hall–Kier alpha value is -1.55. The van der Waals surface area contributed by atoms with Crippen LogP contribution in [0.25, 0.3) is 0 Å². The molecule has 0 bridgehead atoms. The van der Waals surface area contributed by atoms with E-state index in [9.17, 15) is 9.59 Å². The molecule has 0 saturated carbocycles. The van der Waals surface area contributed by atoms with Gasteiger partial charge in [-0.2, -0.15) is 0 Å². The molecule has 4 nitrogen and oxygen atoms in total. The second-order valence-electron chi connectivity index (χ2n) is 5.74. The van der Waals surface area contributed by atoms with Gasteiger partial charge in [0.25, 0.3) is 11.7 Å². The molecule has 112 valence electrons. The van der Waals surface area contributed by atoms with E-state index in [1.807, 2.05) is 6.07 Å². The van der Waals surface area contributed by atoms with Crippen LogP contribution in [-0.4, -0.2) is 24.3 Å². The first-order chi connectivity index (χ1) is 10.1. The van der Waals surface area contributed by atoms with Gasteiger partial charge < -0.3 is 10.2 Å². The largest absolute Gasteiger partial charge is 0.367 e. The van der Waals surface area contributed by atoms with Gasteiger partial charge in [-0.1, -0.05) is 31.4 Å². The second-order valence-corrected chi connectivity index (χ2v) is 6.14. The van der Waals surface area contributed by atoms with Gasteiger partial charge in [-0.05, 0) is 31.4 Å². The van der Waals surface area contributed by atoms with E-state index in [0.717, 1.165) is 31.5 Å². The normalized spacial score (nSPS) is 22.0. The molecule has 1 fully saturated rings. The number of ketones is 1. The molecule has 3 rings (SSSR count). The number of benzene rings is 1. The van der Waals surface area contributed by atoms with Crippen LogP contribution in [0.5, 0.6) is 0 Å². The summed E-state index contributed by atoms with van der Waals surface area (Å²) in [5.74, 6) is -1.07. The first-order valence-corrected chi connectivity index (χ1v) is 7.95. The average Bonchev–Trinajstić information content (AvgIpc) is 2.68. The van der Waals surface area contributed by atoms with Crippen LogP contribution in [-0.2, 0) is 4.79 Å². The van der Waals surface area contributed by atoms with E-state index in [1.54, 1.807) is 6.07 Å². The van der Waals surface area contributed by atoms with Gasteiger partial charge in [-0.3, -0.25) is 9.59 Å². The average molecular weight is 307 g/mol. The standard InChI is InChI=1S/C16H19ClN2O2/c1-2-10-6-4-3-5-7-19(10)14-9-13-11(8-12(14)17)15(20)16(21)18-13/h8-10H,2-7H2,1H3,(H,18,20,21). The molecule has 1 N–H and O–H groups in total. The van der Waals surface area contributed by atoms with Gasteiger partial charge in [0.15, 0.2) is 0 Å². The lowest BCUT2D eigenvalue weighted by atomic mass is 10.1. The highest BCUT2D eigenvalue weighted by Crippen LogP contribution is 2.37. The van der Waals surface area contributed by atoms with Crippen LogP contribution in [0.4, 0.5) is 11.4 Å². The summed E-state index contributed by atoms with van der Waals surface area (Å²) in [7, 11) is 0. The predicted octanol–water partition coefficient (Wildman–Crippen LogP) is 3.63. The maximum Gasteiger partial charge on any atom is 0.296 e. The number of halogens is 1. The van der Waals surface area contributed by atoms with Crippen LogP contribution in [0.15, 0.2) is 12.1 Å². The van der Waals surface area contributed by atoms with Crippen LogP contribution in [0.3, 0.4) is 0 Å². The van der Waals surface area contributed by atoms with E-state index < -0.39 is 11.7 Å². The van der Waals surface area contributed by atoms with Crippen molar-refractivity contribution >= 4 is 34.7 Å². The van der Waals surface area contributed by atoms with Crippen LogP contribution < -0.4 is 10.2 Å². The number of carbonyl (C=O) groups excluding carboxylic acids is 2. The van der Waals surface area contributed by atoms with Gasteiger partial charge in [-0.25, -0.2) is 0 Å². The molecular formula is C16H19ClN2O2. The Morgan fingerprint density at radius 3 is 2.86 bits per heavy atom. The van der Waals surface area contributed by atoms with E-state index in [0.29, 0.717) is 22.3 Å². The molecule has 1 amide bonds.